The first-order chi connectivity index (χ1) is 8.09. The molecule has 1 amide bonds. The van der Waals surface area contributed by atoms with Crippen LogP contribution in [0.4, 0.5) is 0 Å². The molecule has 1 aromatic heterocycles. The largest absolute Gasteiger partial charge is 0.361 e. The predicted molar refractivity (Wildman–Crippen MR) is 60.6 cm³/mol. The molecule has 17 heavy (non-hydrogen) atoms. The molecule has 92 valence electrons. The summed E-state index contributed by atoms with van der Waals surface area (Å²) in [7, 11) is 1.77. The van der Waals surface area contributed by atoms with Gasteiger partial charge >= 0.3 is 0 Å². The van der Waals surface area contributed by atoms with Gasteiger partial charge in [0.25, 0.3) is 5.91 Å². The molecule has 5 heteroatoms. The van der Waals surface area contributed by atoms with E-state index in [0.717, 1.165) is 12.8 Å². The molecule has 1 heterocycles. The highest BCUT2D eigenvalue weighted by Gasteiger charge is 2.27. The Kier molecular flexibility index (Phi) is 3.26. The van der Waals surface area contributed by atoms with Crippen molar-refractivity contribution in [3.8, 4) is 0 Å². The number of hydrogen-bond acceptors (Lipinski definition) is 4. The Bertz CT molecular complexity index is 429. The molecule has 0 spiro atoms. The molecule has 1 saturated carbocycles. The van der Waals surface area contributed by atoms with Crippen molar-refractivity contribution in [2.45, 2.75) is 38.6 Å². The first-order valence-corrected chi connectivity index (χ1v) is 5.79. The Morgan fingerprint density at radius 2 is 2.12 bits per heavy atom. The summed E-state index contributed by atoms with van der Waals surface area (Å²) in [6.07, 6.45) is 4.11. The smallest absolute Gasteiger partial charge is 0.259 e. The number of carbonyl (C=O) groups is 2. The van der Waals surface area contributed by atoms with E-state index in [1.165, 1.54) is 6.20 Å². The molecular formula is C12H16N2O3. The molecule has 1 fully saturated rings. The van der Waals surface area contributed by atoms with E-state index in [1.54, 1.807) is 18.9 Å². The average molecular weight is 236 g/mol. The lowest BCUT2D eigenvalue weighted by Gasteiger charge is -2.30. The van der Waals surface area contributed by atoms with Crippen LogP contribution in [-0.4, -0.2) is 34.8 Å². The molecule has 0 bridgehead atoms. The maximum absolute atomic E-state index is 12.1. The van der Waals surface area contributed by atoms with Gasteiger partial charge in [0.05, 0.1) is 6.20 Å². The van der Waals surface area contributed by atoms with Gasteiger partial charge in [0, 0.05) is 25.9 Å². The Morgan fingerprint density at radius 1 is 1.47 bits per heavy atom. The molecule has 0 atom stereocenters. The standard InChI is InChI=1S/C12H16N2O3/c1-8-11(7-13-17-8)12(16)14(2)9-3-5-10(15)6-4-9/h7,9H,3-6H2,1-2H3. The third-order valence-electron chi connectivity index (χ3n) is 3.36. The van der Waals surface area contributed by atoms with E-state index in [9.17, 15) is 9.59 Å². The normalized spacial score (nSPS) is 17.2. The van der Waals surface area contributed by atoms with Gasteiger partial charge in [0.1, 0.15) is 17.1 Å². The van der Waals surface area contributed by atoms with Gasteiger partial charge in [0.2, 0.25) is 0 Å². The van der Waals surface area contributed by atoms with Gasteiger partial charge in [-0.3, -0.25) is 9.59 Å². The van der Waals surface area contributed by atoms with Gasteiger partial charge in [-0.1, -0.05) is 5.16 Å². The average Bonchev–Trinajstić information content (AvgIpc) is 2.74. The number of aryl methyl sites for hydroxylation is 1. The van der Waals surface area contributed by atoms with Crippen LogP contribution in [0.15, 0.2) is 10.7 Å². The van der Waals surface area contributed by atoms with Crippen LogP contribution in [0.3, 0.4) is 0 Å². The fraction of sp³-hybridized carbons (Fsp3) is 0.583. The number of hydrogen-bond donors (Lipinski definition) is 0. The molecule has 0 N–H and O–H groups in total. The molecule has 0 aliphatic heterocycles. The van der Waals surface area contributed by atoms with Crippen molar-refractivity contribution in [3.63, 3.8) is 0 Å². The fourth-order valence-corrected chi connectivity index (χ4v) is 2.17. The van der Waals surface area contributed by atoms with E-state index < -0.39 is 0 Å². The third kappa shape index (κ3) is 2.38. The van der Waals surface area contributed by atoms with Crippen molar-refractivity contribution in [1.82, 2.24) is 10.1 Å². The van der Waals surface area contributed by atoms with Crippen LogP contribution in [0.1, 0.15) is 41.8 Å². The molecule has 0 saturated heterocycles. The van der Waals surface area contributed by atoms with E-state index in [1.807, 2.05) is 0 Å². The molecule has 0 aromatic carbocycles. The lowest BCUT2D eigenvalue weighted by atomic mass is 9.93. The van der Waals surface area contributed by atoms with E-state index in [4.69, 9.17) is 4.52 Å². The van der Waals surface area contributed by atoms with Crippen LogP contribution in [0.5, 0.6) is 0 Å². The van der Waals surface area contributed by atoms with Crippen molar-refractivity contribution < 1.29 is 14.1 Å². The second-order valence-corrected chi connectivity index (χ2v) is 4.48. The summed E-state index contributed by atoms with van der Waals surface area (Å²) in [5, 5.41) is 3.61. The second-order valence-electron chi connectivity index (χ2n) is 4.48. The molecular weight excluding hydrogens is 220 g/mol. The number of amides is 1. The zero-order valence-corrected chi connectivity index (χ0v) is 10.1. The van der Waals surface area contributed by atoms with Crippen molar-refractivity contribution in [2.24, 2.45) is 0 Å². The number of carbonyl (C=O) groups excluding carboxylic acids is 2. The topological polar surface area (TPSA) is 63.4 Å². The number of aromatic nitrogens is 1. The highest BCUT2D eigenvalue weighted by Crippen LogP contribution is 2.21. The van der Waals surface area contributed by atoms with Crippen molar-refractivity contribution in [3.05, 3.63) is 17.5 Å². The number of rotatable bonds is 2. The minimum absolute atomic E-state index is 0.0805. The second kappa shape index (κ2) is 4.69. The highest BCUT2D eigenvalue weighted by molar-refractivity contribution is 5.95. The quantitative estimate of drug-likeness (QED) is 0.781. The summed E-state index contributed by atoms with van der Waals surface area (Å²) in [5.41, 5.74) is 0.504. The molecule has 1 aliphatic carbocycles. The van der Waals surface area contributed by atoms with Crippen LogP contribution in [-0.2, 0) is 4.79 Å². The van der Waals surface area contributed by atoms with Crippen LogP contribution in [0.2, 0.25) is 0 Å². The van der Waals surface area contributed by atoms with E-state index in [-0.39, 0.29) is 11.9 Å². The van der Waals surface area contributed by atoms with Gasteiger partial charge in [-0.05, 0) is 19.8 Å². The molecule has 1 aliphatic rings. The lowest BCUT2D eigenvalue weighted by Crippen LogP contribution is -2.39. The van der Waals surface area contributed by atoms with E-state index in [0.29, 0.717) is 29.9 Å². The first kappa shape index (κ1) is 11.8. The van der Waals surface area contributed by atoms with Crippen LogP contribution in [0, 0.1) is 6.92 Å². The van der Waals surface area contributed by atoms with Crippen molar-refractivity contribution in [2.75, 3.05) is 7.05 Å². The van der Waals surface area contributed by atoms with Gasteiger partial charge in [-0.2, -0.15) is 0 Å². The zero-order chi connectivity index (χ0) is 12.4. The molecule has 0 radical (unpaired) electrons. The number of nitrogens with zero attached hydrogens (tertiary/aromatic N) is 2. The monoisotopic (exact) mass is 236 g/mol. The van der Waals surface area contributed by atoms with Crippen LogP contribution >= 0.6 is 0 Å². The zero-order valence-electron chi connectivity index (χ0n) is 10.1. The Labute approximate surface area is 99.8 Å². The molecule has 5 nitrogen and oxygen atoms in total. The van der Waals surface area contributed by atoms with Crippen LogP contribution < -0.4 is 0 Å². The summed E-state index contributed by atoms with van der Waals surface area (Å²) >= 11 is 0. The van der Waals surface area contributed by atoms with E-state index in [2.05, 4.69) is 5.16 Å². The molecule has 1 aromatic rings. The summed E-state index contributed by atoms with van der Waals surface area (Å²) < 4.78 is 4.89. The summed E-state index contributed by atoms with van der Waals surface area (Å²) in [6.45, 7) is 1.72. The summed E-state index contributed by atoms with van der Waals surface area (Å²) in [5.74, 6) is 0.750. The number of Topliss-reactive ketones (excluding diaryl/α,β-unsaturated/α-hetero) is 1. The Morgan fingerprint density at radius 3 is 2.65 bits per heavy atom. The first-order valence-electron chi connectivity index (χ1n) is 5.79. The van der Waals surface area contributed by atoms with Crippen molar-refractivity contribution >= 4 is 11.7 Å². The predicted octanol–water partition coefficient (Wildman–Crippen LogP) is 1.57. The molecule has 2 rings (SSSR count). The lowest BCUT2D eigenvalue weighted by molar-refractivity contribution is -0.121. The third-order valence-corrected chi connectivity index (χ3v) is 3.36. The summed E-state index contributed by atoms with van der Waals surface area (Å²) in [4.78, 5) is 25.0. The number of ketones is 1. The Balaban J connectivity index is 2.05. The summed E-state index contributed by atoms with van der Waals surface area (Å²) in [6, 6.07) is 0.148. The van der Waals surface area contributed by atoms with Crippen molar-refractivity contribution in [1.29, 1.82) is 0 Å². The SMILES string of the molecule is Cc1oncc1C(=O)N(C)C1CCC(=O)CC1. The maximum Gasteiger partial charge on any atom is 0.259 e. The Hall–Kier alpha value is -1.65. The van der Waals surface area contributed by atoms with Gasteiger partial charge in [0.15, 0.2) is 0 Å². The van der Waals surface area contributed by atoms with Gasteiger partial charge in [-0.25, -0.2) is 0 Å². The van der Waals surface area contributed by atoms with Crippen LogP contribution in [0.25, 0.3) is 0 Å². The highest BCUT2D eigenvalue weighted by atomic mass is 16.5. The molecule has 0 unspecified atom stereocenters. The maximum atomic E-state index is 12.1. The fourth-order valence-electron chi connectivity index (χ4n) is 2.17. The van der Waals surface area contributed by atoms with Gasteiger partial charge < -0.3 is 9.42 Å². The minimum Gasteiger partial charge on any atom is -0.361 e. The van der Waals surface area contributed by atoms with E-state index >= 15 is 0 Å². The minimum atomic E-state index is -0.0805. The van der Waals surface area contributed by atoms with Gasteiger partial charge in [-0.15, -0.1) is 0 Å².